The summed E-state index contributed by atoms with van der Waals surface area (Å²) in [6.45, 7) is -0.496. The van der Waals surface area contributed by atoms with Crippen molar-refractivity contribution >= 4 is 12.0 Å². The number of carboxylic acid groups (broad SMARTS) is 1. The number of carbonyl (C=O) groups is 1. The number of aromatic nitrogens is 4. The van der Waals surface area contributed by atoms with E-state index >= 15 is 0 Å². The average molecular weight is 633 g/mol. The van der Waals surface area contributed by atoms with Gasteiger partial charge in [-0.2, -0.15) is 31.6 Å². The van der Waals surface area contributed by atoms with Gasteiger partial charge in [-0.05, 0) is 79.1 Å². The standard InChI is InChI=1S/C32H30F6N4O3/c33-31(34,35)26-17-23(18-27(19-26)32(36,37)38)20-45-28-7-3-2-6-24(28)14-11-21(5-1-4-8-29-39-41-42-40-29)9-10-22-12-15-25(16-13-22)30(43)44/h2-3,6-7,11-19,21H,1,4-5,8-10,20H2,(H,43,44)(H,39,40,41,42). The predicted octanol–water partition coefficient (Wildman–Crippen LogP) is 8.19. The summed E-state index contributed by atoms with van der Waals surface area (Å²) < 4.78 is 85.5. The molecular formula is C32H30F6N4O3. The minimum atomic E-state index is -4.95. The molecule has 13 heteroatoms. The number of aryl methyl sites for hydroxylation is 2. The third-order valence-electron chi connectivity index (χ3n) is 7.13. The number of unbranched alkanes of at least 4 members (excludes halogenated alkanes) is 1. The van der Waals surface area contributed by atoms with Crippen LogP contribution in [0.3, 0.4) is 0 Å². The summed E-state index contributed by atoms with van der Waals surface area (Å²) in [6, 6.07) is 14.8. The first-order valence-corrected chi connectivity index (χ1v) is 14.1. The highest BCUT2D eigenvalue weighted by molar-refractivity contribution is 5.87. The van der Waals surface area contributed by atoms with Crippen molar-refractivity contribution in [2.24, 2.45) is 5.92 Å². The Morgan fingerprint density at radius 1 is 0.867 bits per heavy atom. The van der Waals surface area contributed by atoms with Gasteiger partial charge in [0, 0.05) is 12.0 Å². The lowest BCUT2D eigenvalue weighted by Crippen LogP contribution is -2.12. The van der Waals surface area contributed by atoms with E-state index in [1.807, 2.05) is 12.2 Å². The number of aromatic amines is 1. The fourth-order valence-corrected chi connectivity index (χ4v) is 4.73. The van der Waals surface area contributed by atoms with Gasteiger partial charge in [-0.3, -0.25) is 0 Å². The molecule has 0 aliphatic rings. The van der Waals surface area contributed by atoms with E-state index in [9.17, 15) is 31.1 Å². The van der Waals surface area contributed by atoms with Crippen molar-refractivity contribution in [2.75, 3.05) is 0 Å². The molecule has 45 heavy (non-hydrogen) atoms. The van der Waals surface area contributed by atoms with Gasteiger partial charge in [0.25, 0.3) is 0 Å². The molecule has 1 heterocycles. The topological polar surface area (TPSA) is 101 Å². The van der Waals surface area contributed by atoms with Crippen LogP contribution in [0.25, 0.3) is 6.08 Å². The van der Waals surface area contributed by atoms with Crippen LogP contribution in [-0.2, 0) is 31.8 Å². The molecule has 0 saturated carbocycles. The summed E-state index contributed by atoms with van der Waals surface area (Å²) in [5.74, 6) is 0.0219. The molecule has 0 amide bonds. The van der Waals surface area contributed by atoms with Crippen molar-refractivity contribution in [3.8, 4) is 5.75 Å². The van der Waals surface area contributed by atoms with Crippen LogP contribution >= 0.6 is 0 Å². The number of halogens is 6. The van der Waals surface area contributed by atoms with Crippen molar-refractivity contribution < 1.29 is 41.0 Å². The molecule has 1 aromatic heterocycles. The molecule has 1 unspecified atom stereocenters. The fraction of sp³-hybridized carbons (Fsp3) is 0.312. The molecule has 0 aliphatic heterocycles. The van der Waals surface area contributed by atoms with Gasteiger partial charge in [-0.25, -0.2) is 4.79 Å². The number of allylic oxidation sites excluding steroid dienone is 1. The SMILES string of the molecule is O=C(O)c1ccc(CCC(C=Cc2ccccc2OCc2cc(C(F)(F)F)cc(C(F)(F)F)c2)CCCCc2nn[nH]n2)cc1. The Morgan fingerprint density at radius 2 is 1.56 bits per heavy atom. The predicted molar refractivity (Wildman–Crippen MR) is 153 cm³/mol. The van der Waals surface area contributed by atoms with Crippen molar-refractivity contribution in [3.05, 3.63) is 112 Å². The summed E-state index contributed by atoms with van der Waals surface area (Å²) in [4.78, 5) is 11.2. The summed E-state index contributed by atoms with van der Waals surface area (Å²) in [6.07, 6.45) is -1.46. The number of hydrogen-bond acceptors (Lipinski definition) is 5. The van der Waals surface area contributed by atoms with Crippen LogP contribution in [0.1, 0.15) is 69.7 Å². The molecular weight excluding hydrogens is 602 g/mol. The highest BCUT2D eigenvalue weighted by Crippen LogP contribution is 2.36. The lowest BCUT2D eigenvalue weighted by atomic mass is 9.92. The number of nitrogens with zero attached hydrogens (tertiary/aromatic N) is 3. The maximum absolute atomic E-state index is 13.3. The number of benzene rings is 3. The molecule has 7 nitrogen and oxygen atoms in total. The highest BCUT2D eigenvalue weighted by atomic mass is 19.4. The maximum Gasteiger partial charge on any atom is 0.416 e. The van der Waals surface area contributed by atoms with Gasteiger partial charge in [0.1, 0.15) is 12.4 Å². The van der Waals surface area contributed by atoms with Crippen LogP contribution in [0.5, 0.6) is 5.75 Å². The normalized spacial score (nSPS) is 12.8. The van der Waals surface area contributed by atoms with Crippen LogP contribution in [0, 0.1) is 5.92 Å². The Bertz CT molecular complexity index is 1540. The Balaban J connectivity index is 1.47. The fourth-order valence-electron chi connectivity index (χ4n) is 4.73. The minimum Gasteiger partial charge on any atom is -0.488 e. The molecule has 3 aromatic carbocycles. The quantitative estimate of drug-likeness (QED) is 0.107. The van der Waals surface area contributed by atoms with Crippen LogP contribution in [0.15, 0.2) is 72.8 Å². The van der Waals surface area contributed by atoms with Crippen LogP contribution in [-0.4, -0.2) is 31.7 Å². The minimum absolute atomic E-state index is 0.0864. The second kappa shape index (κ2) is 14.9. The molecule has 4 rings (SSSR count). The van der Waals surface area contributed by atoms with Crippen LogP contribution < -0.4 is 4.74 Å². The molecule has 2 N–H and O–H groups in total. The van der Waals surface area contributed by atoms with Crippen LogP contribution in [0.4, 0.5) is 26.3 Å². The number of carboxylic acids is 1. The average Bonchev–Trinajstić information content (AvgIpc) is 3.52. The van der Waals surface area contributed by atoms with Gasteiger partial charge in [-0.1, -0.05) is 54.1 Å². The second-order valence-electron chi connectivity index (χ2n) is 10.5. The van der Waals surface area contributed by atoms with Crippen LogP contribution in [0.2, 0.25) is 0 Å². The summed E-state index contributed by atoms with van der Waals surface area (Å²) in [5.41, 5.74) is -1.26. The van der Waals surface area contributed by atoms with Gasteiger partial charge < -0.3 is 9.84 Å². The number of tetrazole rings is 1. The number of alkyl halides is 6. The van der Waals surface area contributed by atoms with E-state index in [1.165, 1.54) is 0 Å². The summed E-state index contributed by atoms with van der Waals surface area (Å²) in [5, 5.41) is 23.0. The largest absolute Gasteiger partial charge is 0.488 e. The Hall–Kier alpha value is -4.68. The molecule has 1 atom stereocenters. The monoisotopic (exact) mass is 632 g/mol. The number of aromatic carboxylic acids is 1. The van der Waals surface area contributed by atoms with Gasteiger partial charge in [0.2, 0.25) is 0 Å². The smallest absolute Gasteiger partial charge is 0.416 e. The van der Waals surface area contributed by atoms with Gasteiger partial charge in [0.05, 0.1) is 16.7 Å². The highest BCUT2D eigenvalue weighted by Gasteiger charge is 2.37. The first kappa shape index (κ1) is 33.2. The number of rotatable bonds is 14. The molecule has 0 aliphatic carbocycles. The molecule has 0 saturated heterocycles. The van der Waals surface area contributed by atoms with E-state index in [0.717, 1.165) is 31.2 Å². The first-order chi connectivity index (χ1) is 21.4. The number of nitrogens with one attached hydrogen (secondary N) is 1. The van der Waals surface area contributed by atoms with E-state index < -0.39 is 36.1 Å². The molecule has 0 radical (unpaired) electrons. The van der Waals surface area contributed by atoms with Gasteiger partial charge in [-0.15, -0.1) is 10.2 Å². The number of para-hydroxylation sites is 1. The third-order valence-corrected chi connectivity index (χ3v) is 7.13. The Kier molecular flexibility index (Phi) is 11.0. The zero-order valence-corrected chi connectivity index (χ0v) is 23.9. The second-order valence-corrected chi connectivity index (χ2v) is 10.5. The third kappa shape index (κ3) is 10.2. The number of hydrogen-bond donors (Lipinski definition) is 2. The van der Waals surface area contributed by atoms with Gasteiger partial charge >= 0.3 is 18.3 Å². The molecule has 238 valence electrons. The lowest BCUT2D eigenvalue weighted by molar-refractivity contribution is -0.143. The van der Waals surface area contributed by atoms with E-state index in [-0.39, 0.29) is 23.1 Å². The molecule has 0 fully saturated rings. The van der Waals surface area contributed by atoms with E-state index in [0.29, 0.717) is 42.1 Å². The summed E-state index contributed by atoms with van der Waals surface area (Å²) >= 11 is 0. The number of H-pyrrole nitrogens is 1. The lowest BCUT2D eigenvalue weighted by Gasteiger charge is -2.16. The van der Waals surface area contributed by atoms with E-state index in [2.05, 4.69) is 20.6 Å². The van der Waals surface area contributed by atoms with Gasteiger partial charge in [0.15, 0.2) is 5.82 Å². The zero-order valence-electron chi connectivity index (χ0n) is 23.9. The Labute approximate surface area is 254 Å². The van der Waals surface area contributed by atoms with Crippen molar-refractivity contribution in [1.82, 2.24) is 20.6 Å². The molecule has 0 bridgehead atoms. The van der Waals surface area contributed by atoms with Crippen molar-refractivity contribution in [3.63, 3.8) is 0 Å². The van der Waals surface area contributed by atoms with Crippen molar-refractivity contribution in [2.45, 2.75) is 57.5 Å². The van der Waals surface area contributed by atoms with Crippen molar-refractivity contribution in [1.29, 1.82) is 0 Å². The molecule has 4 aromatic rings. The van der Waals surface area contributed by atoms with E-state index in [1.54, 1.807) is 48.5 Å². The van der Waals surface area contributed by atoms with E-state index in [4.69, 9.17) is 9.84 Å². The molecule has 0 spiro atoms. The first-order valence-electron chi connectivity index (χ1n) is 14.1. The number of ether oxygens (including phenoxy) is 1. The zero-order chi connectivity index (χ0) is 32.5. The summed E-state index contributed by atoms with van der Waals surface area (Å²) in [7, 11) is 0. The maximum atomic E-state index is 13.3. The Morgan fingerprint density at radius 3 is 2.18 bits per heavy atom.